The molecule has 0 heterocycles. The Labute approximate surface area is 213 Å². The molecule has 0 saturated heterocycles. The third-order valence-electron chi connectivity index (χ3n) is 5.77. The molecule has 2 aromatic rings. The largest absolute Gasteiger partial charge is 0.490 e. The molecule has 0 N–H and O–H groups in total. The standard InChI is InChI=1S/C29H40O4Si2/c1-8-24(3)31-22-27-14-10-12-25(20-27)16-18-34(4,5)33-35(6,7)19-17-26-13-11-15-28(21-26)23-32-29(30)9-2/h8-15,20-21H,1-3,16-19,22-23H2,4-7H3. The minimum Gasteiger partial charge on any atom is -0.490 e. The van der Waals surface area contributed by atoms with Gasteiger partial charge in [0, 0.05) is 6.08 Å². The quantitative estimate of drug-likeness (QED) is 0.0830. The molecule has 2 aromatic carbocycles. The third kappa shape index (κ3) is 11.1. The van der Waals surface area contributed by atoms with Crippen LogP contribution in [0.2, 0.25) is 38.3 Å². The van der Waals surface area contributed by atoms with Crippen LogP contribution in [0.25, 0.3) is 0 Å². The van der Waals surface area contributed by atoms with Crippen molar-refractivity contribution in [3.63, 3.8) is 0 Å². The topological polar surface area (TPSA) is 44.8 Å². The number of allylic oxidation sites excluding steroid dienone is 1. The molecule has 0 aliphatic carbocycles. The average Bonchev–Trinajstić information content (AvgIpc) is 2.83. The van der Waals surface area contributed by atoms with Gasteiger partial charge in [-0.05, 0) is 79.4 Å². The van der Waals surface area contributed by atoms with E-state index in [1.165, 1.54) is 17.2 Å². The maximum atomic E-state index is 11.3. The van der Waals surface area contributed by atoms with Crippen molar-refractivity contribution in [3.8, 4) is 0 Å². The minimum absolute atomic E-state index is 0.270. The predicted octanol–water partition coefficient (Wildman–Crippen LogP) is 7.34. The first-order valence-electron chi connectivity index (χ1n) is 12.1. The molecule has 188 valence electrons. The first-order chi connectivity index (χ1) is 16.5. The molecule has 0 aliphatic heterocycles. The molecule has 0 spiro atoms. The second-order valence-corrected chi connectivity index (χ2v) is 18.9. The fraction of sp³-hybridized carbons (Fsp3) is 0.345. The van der Waals surface area contributed by atoms with Gasteiger partial charge in [0.2, 0.25) is 0 Å². The van der Waals surface area contributed by atoms with E-state index in [1.807, 2.05) is 12.1 Å². The van der Waals surface area contributed by atoms with Crippen LogP contribution in [0.4, 0.5) is 0 Å². The summed E-state index contributed by atoms with van der Waals surface area (Å²) >= 11 is 0. The number of benzene rings is 2. The molecule has 0 unspecified atom stereocenters. The lowest BCUT2D eigenvalue weighted by Gasteiger charge is -2.34. The van der Waals surface area contributed by atoms with E-state index in [2.05, 4.69) is 82.3 Å². The Kier molecular flexibility index (Phi) is 11.0. The Morgan fingerprint density at radius 2 is 1.23 bits per heavy atom. The number of carbonyl (C=O) groups excluding carboxylic acids is 1. The summed E-state index contributed by atoms with van der Waals surface area (Å²) in [6.45, 7) is 21.0. The van der Waals surface area contributed by atoms with E-state index >= 15 is 0 Å². The third-order valence-corrected chi connectivity index (χ3v) is 13.1. The van der Waals surface area contributed by atoms with Crippen molar-refractivity contribution in [3.05, 3.63) is 108 Å². The van der Waals surface area contributed by atoms with E-state index in [9.17, 15) is 4.79 Å². The molecule has 0 radical (unpaired) electrons. The van der Waals surface area contributed by atoms with E-state index in [0.29, 0.717) is 12.4 Å². The maximum Gasteiger partial charge on any atom is 0.330 e. The zero-order chi connectivity index (χ0) is 25.9. The normalized spacial score (nSPS) is 11.5. The van der Waals surface area contributed by atoms with Gasteiger partial charge in [-0.1, -0.05) is 68.3 Å². The Morgan fingerprint density at radius 3 is 1.69 bits per heavy atom. The van der Waals surface area contributed by atoms with Crippen molar-refractivity contribution >= 4 is 22.6 Å². The average molecular weight is 509 g/mol. The first kappa shape index (κ1) is 28.6. The highest BCUT2D eigenvalue weighted by molar-refractivity contribution is 6.84. The van der Waals surface area contributed by atoms with Crippen molar-refractivity contribution in [1.82, 2.24) is 0 Å². The minimum atomic E-state index is -1.84. The molecule has 0 bridgehead atoms. The summed E-state index contributed by atoms with van der Waals surface area (Å²) in [5, 5.41) is 0. The van der Waals surface area contributed by atoms with Crippen LogP contribution in [0.1, 0.15) is 22.3 Å². The lowest BCUT2D eigenvalue weighted by atomic mass is 10.1. The Morgan fingerprint density at radius 1 is 0.771 bits per heavy atom. The van der Waals surface area contributed by atoms with Gasteiger partial charge in [-0.3, -0.25) is 0 Å². The summed E-state index contributed by atoms with van der Waals surface area (Å²) < 4.78 is 17.6. The van der Waals surface area contributed by atoms with E-state index in [0.717, 1.165) is 36.1 Å². The Balaban J connectivity index is 1.87. The molecule has 4 nitrogen and oxygen atoms in total. The number of rotatable bonds is 15. The van der Waals surface area contributed by atoms with E-state index in [-0.39, 0.29) is 6.61 Å². The number of ether oxygens (including phenoxy) is 2. The summed E-state index contributed by atoms with van der Waals surface area (Å²) in [7, 11) is -3.66. The summed E-state index contributed by atoms with van der Waals surface area (Å²) in [6, 6.07) is 18.9. The molecule has 0 fully saturated rings. The molecule has 0 aliphatic rings. The van der Waals surface area contributed by atoms with Gasteiger partial charge >= 0.3 is 5.97 Å². The highest BCUT2D eigenvalue weighted by Crippen LogP contribution is 2.25. The maximum absolute atomic E-state index is 11.3. The fourth-order valence-corrected chi connectivity index (χ4v) is 12.5. The molecular weight excluding hydrogens is 468 g/mol. The van der Waals surface area contributed by atoms with Crippen molar-refractivity contribution in [2.24, 2.45) is 0 Å². The van der Waals surface area contributed by atoms with Gasteiger partial charge in [-0.25, -0.2) is 4.79 Å². The highest BCUT2D eigenvalue weighted by atomic mass is 28.4. The number of esters is 1. The van der Waals surface area contributed by atoms with Gasteiger partial charge in [0.25, 0.3) is 0 Å². The number of aryl methyl sites for hydroxylation is 2. The number of carbonyl (C=O) groups is 1. The van der Waals surface area contributed by atoms with Gasteiger partial charge in [0.1, 0.15) is 19.0 Å². The fourth-order valence-electron chi connectivity index (χ4n) is 3.94. The summed E-state index contributed by atoms with van der Waals surface area (Å²) in [6.07, 6.45) is 4.78. The summed E-state index contributed by atoms with van der Waals surface area (Å²) in [4.78, 5) is 11.3. The van der Waals surface area contributed by atoms with Crippen LogP contribution in [-0.2, 0) is 44.4 Å². The van der Waals surface area contributed by atoms with Gasteiger partial charge in [0.15, 0.2) is 16.6 Å². The summed E-state index contributed by atoms with van der Waals surface area (Å²) in [5.41, 5.74) is 4.70. The molecule has 0 atom stereocenters. The second-order valence-electron chi connectivity index (χ2n) is 10.0. The van der Waals surface area contributed by atoms with Crippen LogP contribution in [-0.4, -0.2) is 22.6 Å². The van der Waals surface area contributed by atoms with Gasteiger partial charge < -0.3 is 13.6 Å². The molecule has 0 amide bonds. The molecule has 6 heteroatoms. The molecule has 0 aromatic heterocycles. The van der Waals surface area contributed by atoms with Crippen molar-refractivity contribution < 1.29 is 18.4 Å². The van der Waals surface area contributed by atoms with Crippen LogP contribution >= 0.6 is 0 Å². The molecule has 0 saturated carbocycles. The molecular formula is C29H40O4Si2. The van der Waals surface area contributed by atoms with Gasteiger partial charge in [-0.15, -0.1) is 0 Å². The zero-order valence-corrected chi connectivity index (χ0v) is 23.8. The van der Waals surface area contributed by atoms with Crippen LogP contribution in [0, 0.1) is 0 Å². The molecule has 35 heavy (non-hydrogen) atoms. The monoisotopic (exact) mass is 508 g/mol. The Hall–Kier alpha value is -2.68. The van der Waals surface area contributed by atoms with Crippen LogP contribution in [0.5, 0.6) is 0 Å². The van der Waals surface area contributed by atoms with E-state index in [1.54, 1.807) is 6.08 Å². The van der Waals surface area contributed by atoms with Crippen LogP contribution in [0.15, 0.2) is 86.2 Å². The zero-order valence-electron chi connectivity index (χ0n) is 21.8. The van der Waals surface area contributed by atoms with Crippen molar-refractivity contribution in [2.45, 2.75) is 64.3 Å². The number of hydrogen-bond donors (Lipinski definition) is 0. The van der Waals surface area contributed by atoms with E-state index in [4.69, 9.17) is 13.6 Å². The number of hydrogen-bond acceptors (Lipinski definition) is 4. The Bertz CT molecular complexity index is 945. The van der Waals surface area contributed by atoms with Crippen molar-refractivity contribution in [1.29, 1.82) is 0 Å². The predicted molar refractivity (Wildman–Crippen MR) is 150 cm³/mol. The molecule has 2 rings (SSSR count). The smallest absolute Gasteiger partial charge is 0.330 e. The second kappa shape index (κ2) is 13.4. The SMILES string of the molecule is C=CC(=C)OCc1cccc(CC[Si](C)(C)O[Si](C)(C)CCc2cccc(COC(=O)C=C)c2)c1. The lowest BCUT2D eigenvalue weighted by Crippen LogP contribution is -2.44. The van der Waals surface area contributed by atoms with Gasteiger partial charge in [-0.2, -0.15) is 0 Å². The van der Waals surface area contributed by atoms with Gasteiger partial charge in [0.05, 0.1) is 0 Å². The van der Waals surface area contributed by atoms with E-state index < -0.39 is 22.6 Å². The first-order valence-corrected chi connectivity index (χ1v) is 18.3. The van der Waals surface area contributed by atoms with Crippen LogP contribution in [0.3, 0.4) is 0 Å². The summed E-state index contributed by atoms with van der Waals surface area (Å²) in [5.74, 6) is 0.190. The lowest BCUT2D eigenvalue weighted by molar-refractivity contribution is -0.138. The van der Waals surface area contributed by atoms with Crippen LogP contribution < -0.4 is 0 Å². The highest BCUT2D eigenvalue weighted by Gasteiger charge is 2.32. The van der Waals surface area contributed by atoms with Crippen molar-refractivity contribution in [2.75, 3.05) is 0 Å².